The fraction of sp³-hybridized carbons (Fsp3) is 0.857. The fourth-order valence-electron chi connectivity index (χ4n) is 1.56. The standard InChI is InChI=1S/C7H9F3O/c8-7(9,10)6-3-1-2-5(6)4-11/h4-6H,1-3H2. The number of carbonyl (C=O) groups is 1. The average molecular weight is 166 g/mol. The molecule has 1 saturated carbocycles. The molecule has 0 heterocycles. The Morgan fingerprint density at radius 1 is 1.27 bits per heavy atom. The predicted octanol–water partition coefficient (Wildman–Crippen LogP) is 2.16. The molecule has 0 radical (unpaired) electrons. The molecule has 1 aliphatic carbocycles. The molecule has 1 aliphatic rings. The molecular weight excluding hydrogens is 157 g/mol. The van der Waals surface area contributed by atoms with Crippen molar-refractivity contribution in [3.63, 3.8) is 0 Å². The Hall–Kier alpha value is -0.540. The molecule has 0 bridgehead atoms. The lowest BCUT2D eigenvalue weighted by Gasteiger charge is -2.17. The predicted molar refractivity (Wildman–Crippen MR) is 32.9 cm³/mol. The Labute approximate surface area is 62.6 Å². The quantitative estimate of drug-likeness (QED) is 0.545. The van der Waals surface area contributed by atoms with Gasteiger partial charge < -0.3 is 4.79 Å². The van der Waals surface area contributed by atoms with E-state index in [1.807, 2.05) is 0 Å². The monoisotopic (exact) mass is 166 g/mol. The molecule has 0 saturated heterocycles. The maximum Gasteiger partial charge on any atom is 0.392 e. The molecule has 1 rings (SSSR count). The Bertz CT molecular complexity index is 152. The van der Waals surface area contributed by atoms with Crippen molar-refractivity contribution in [2.45, 2.75) is 25.4 Å². The molecule has 64 valence electrons. The summed E-state index contributed by atoms with van der Waals surface area (Å²) in [7, 11) is 0. The number of rotatable bonds is 1. The summed E-state index contributed by atoms with van der Waals surface area (Å²) in [6.07, 6.45) is -2.71. The molecule has 0 amide bonds. The first-order chi connectivity index (χ1) is 5.05. The zero-order valence-electron chi connectivity index (χ0n) is 5.90. The second-order valence-electron chi connectivity index (χ2n) is 2.88. The molecule has 2 unspecified atom stereocenters. The minimum absolute atomic E-state index is 0.118. The van der Waals surface area contributed by atoms with Crippen molar-refractivity contribution in [2.75, 3.05) is 0 Å². The lowest BCUT2D eigenvalue weighted by Crippen LogP contribution is -2.26. The van der Waals surface area contributed by atoms with Crippen molar-refractivity contribution < 1.29 is 18.0 Å². The number of alkyl halides is 3. The molecule has 0 spiro atoms. The minimum Gasteiger partial charge on any atom is -0.303 e. The topological polar surface area (TPSA) is 17.1 Å². The highest BCUT2D eigenvalue weighted by atomic mass is 19.4. The van der Waals surface area contributed by atoms with Gasteiger partial charge in [0, 0.05) is 5.92 Å². The van der Waals surface area contributed by atoms with Gasteiger partial charge in [-0.1, -0.05) is 6.42 Å². The van der Waals surface area contributed by atoms with Crippen molar-refractivity contribution in [3.8, 4) is 0 Å². The molecule has 0 aromatic rings. The van der Waals surface area contributed by atoms with Gasteiger partial charge in [-0.05, 0) is 12.8 Å². The fourth-order valence-corrected chi connectivity index (χ4v) is 1.56. The number of aldehydes is 1. The van der Waals surface area contributed by atoms with Crippen LogP contribution in [0.15, 0.2) is 0 Å². The van der Waals surface area contributed by atoms with Crippen molar-refractivity contribution in [3.05, 3.63) is 0 Å². The lowest BCUT2D eigenvalue weighted by atomic mass is 9.97. The van der Waals surface area contributed by atoms with Crippen LogP contribution in [0, 0.1) is 11.8 Å². The van der Waals surface area contributed by atoms with Gasteiger partial charge in [-0.25, -0.2) is 0 Å². The van der Waals surface area contributed by atoms with Crippen LogP contribution in [0.2, 0.25) is 0 Å². The van der Waals surface area contributed by atoms with E-state index in [0.29, 0.717) is 19.1 Å². The molecule has 11 heavy (non-hydrogen) atoms. The summed E-state index contributed by atoms with van der Waals surface area (Å²) in [4.78, 5) is 10.2. The SMILES string of the molecule is O=CC1CCCC1C(F)(F)F. The van der Waals surface area contributed by atoms with Gasteiger partial charge in [-0.15, -0.1) is 0 Å². The summed E-state index contributed by atoms with van der Waals surface area (Å²) >= 11 is 0. The van der Waals surface area contributed by atoms with Crippen LogP contribution in [0.5, 0.6) is 0 Å². The zero-order chi connectivity index (χ0) is 8.48. The number of carbonyl (C=O) groups excluding carboxylic acids is 1. The number of halogens is 3. The highest BCUT2D eigenvalue weighted by Gasteiger charge is 2.46. The van der Waals surface area contributed by atoms with E-state index in [1.165, 1.54) is 0 Å². The van der Waals surface area contributed by atoms with Crippen LogP contribution < -0.4 is 0 Å². The summed E-state index contributed by atoms with van der Waals surface area (Å²) in [5.74, 6) is -2.16. The molecule has 0 aromatic carbocycles. The lowest BCUT2D eigenvalue weighted by molar-refractivity contribution is -0.183. The van der Waals surface area contributed by atoms with E-state index in [-0.39, 0.29) is 6.42 Å². The van der Waals surface area contributed by atoms with Crippen LogP contribution in [0.25, 0.3) is 0 Å². The maximum atomic E-state index is 12.0. The first-order valence-electron chi connectivity index (χ1n) is 3.57. The van der Waals surface area contributed by atoms with E-state index in [9.17, 15) is 18.0 Å². The highest BCUT2D eigenvalue weighted by molar-refractivity contribution is 5.54. The van der Waals surface area contributed by atoms with Gasteiger partial charge >= 0.3 is 6.18 Å². The zero-order valence-corrected chi connectivity index (χ0v) is 5.90. The van der Waals surface area contributed by atoms with Crippen LogP contribution in [-0.2, 0) is 4.79 Å². The summed E-state index contributed by atoms with van der Waals surface area (Å²) in [5.41, 5.74) is 0. The van der Waals surface area contributed by atoms with E-state index in [0.717, 1.165) is 0 Å². The smallest absolute Gasteiger partial charge is 0.303 e. The van der Waals surface area contributed by atoms with Gasteiger partial charge in [0.25, 0.3) is 0 Å². The van der Waals surface area contributed by atoms with Crippen molar-refractivity contribution in [1.29, 1.82) is 0 Å². The summed E-state index contributed by atoms with van der Waals surface area (Å²) in [6.45, 7) is 0. The summed E-state index contributed by atoms with van der Waals surface area (Å²) in [6, 6.07) is 0. The minimum atomic E-state index is -4.18. The maximum absolute atomic E-state index is 12.0. The van der Waals surface area contributed by atoms with Crippen molar-refractivity contribution >= 4 is 6.29 Å². The van der Waals surface area contributed by atoms with Gasteiger partial charge in [-0.2, -0.15) is 13.2 Å². The van der Waals surface area contributed by atoms with Gasteiger partial charge in [0.1, 0.15) is 6.29 Å². The second-order valence-corrected chi connectivity index (χ2v) is 2.88. The van der Waals surface area contributed by atoms with Crippen LogP contribution in [0.4, 0.5) is 13.2 Å². The van der Waals surface area contributed by atoms with Crippen molar-refractivity contribution in [2.24, 2.45) is 11.8 Å². The molecule has 0 N–H and O–H groups in total. The van der Waals surface area contributed by atoms with E-state index in [2.05, 4.69) is 0 Å². The van der Waals surface area contributed by atoms with Gasteiger partial charge in [0.05, 0.1) is 5.92 Å². The Kier molecular flexibility index (Phi) is 2.20. The van der Waals surface area contributed by atoms with E-state index in [4.69, 9.17) is 0 Å². The van der Waals surface area contributed by atoms with Gasteiger partial charge in [-0.3, -0.25) is 0 Å². The number of hydrogen-bond donors (Lipinski definition) is 0. The first kappa shape index (κ1) is 8.56. The highest BCUT2D eigenvalue weighted by Crippen LogP contribution is 2.41. The molecule has 1 nitrogen and oxygen atoms in total. The van der Waals surface area contributed by atoms with Crippen molar-refractivity contribution in [1.82, 2.24) is 0 Å². The molecule has 2 atom stereocenters. The third-order valence-corrected chi connectivity index (χ3v) is 2.16. The van der Waals surface area contributed by atoms with Crippen LogP contribution in [0.3, 0.4) is 0 Å². The van der Waals surface area contributed by atoms with E-state index in [1.54, 1.807) is 0 Å². The molecule has 0 aliphatic heterocycles. The van der Waals surface area contributed by atoms with E-state index >= 15 is 0 Å². The second kappa shape index (κ2) is 2.83. The van der Waals surface area contributed by atoms with Crippen LogP contribution >= 0.6 is 0 Å². The molecule has 4 heteroatoms. The first-order valence-corrected chi connectivity index (χ1v) is 3.57. The molecule has 0 aromatic heterocycles. The van der Waals surface area contributed by atoms with Crippen LogP contribution in [0.1, 0.15) is 19.3 Å². The normalized spacial score (nSPS) is 32.3. The largest absolute Gasteiger partial charge is 0.392 e. The third kappa shape index (κ3) is 1.73. The third-order valence-electron chi connectivity index (χ3n) is 2.16. The summed E-state index contributed by atoms with van der Waals surface area (Å²) < 4.78 is 36.1. The van der Waals surface area contributed by atoms with Crippen LogP contribution in [-0.4, -0.2) is 12.5 Å². The Morgan fingerprint density at radius 3 is 2.27 bits per heavy atom. The molecular formula is C7H9F3O. The number of hydrogen-bond acceptors (Lipinski definition) is 1. The van der Waals surface area contributed by atoms with Gasteiger partial charge in [0.2, 0.25) is 0 Å². The Morgan fingerprint density at radius 2 is 1.91 bits per heavy atom. The van der Waals surface area contributed by atoms with Gasteiger partial charge in [0.15, 0.2) is 0 Å². The summed E-state index contributed by atoms with van der Waals surface area (Å²) in [5, 5.41) is 0. The average Bonchev–Trinajstić information content (AvgIpc) is 2.31. The molecule has 1 fully saturated rings. The Balaban J connectivity index is 2.63. The van der Waals surface area contributed by atoms with E-state index < -0.39 is 18.0 Å².